The van der Waals surface area contributed by atoms with Crippen LogP contribution >= 0.6 is 0 Å². The van der Waals surface area contributed by atoms with E-state index < -0.39 is 0 Å². The molecule has 0 radical (unpaired) electrons. The molecule has 4 heterocycles. The molecule has 282 valence electrons. The largest absolute Gasteiger partial charge is 0.488 e. The quantitative estimate of drug-likeness (QED) is 0.107. The van der Waals surface area contributed by atoms with Crippen molar-refractivity contribution in [3.05, 3.63) is 120 Å². The molecule has 0 aliphatic carbocycles. The SMILES string of the molecule is CCCCc1cc(NC(=O)Nc2ccc(OCc3ccnc(Nc4cnc(C(=O)N5CCCC(OC)C5)cn4)c3)c3ccccc23)n(-c2ccc(C)cc2)n1. The molecule has 13 heteroatoms. The van der Waals surface area contributed by atoms with Crippen LogP contribution < -0.4 is 20.7 Å². The Hall–Kier alpha value is -6.34. The number of likely N-dealkylation sites (tertiary alicyclic amines) is 1. The molecule has 1 fully saturated rings. The van der Waals surface area contributed by atoms with Gasteiger partial charge in [0.2, 0.25) is 0 Å². The summed E-state index contributed by atoms with van der Waals surface area (Å²) in [6.07, 6.45) is 9.47. The summed E-state index contributed by atoms with van der Waals surface area (Å²) >= 11 is 0. The summed E-state index contributed by atoms with van der Waals surface area (Å²) in [5.74, 6) is 2.13. The number of nitrogens with one attached hydrogen (secondary N) is 3. The fraction of sp³-hybridized carbons (Fsp3) is 0.286. The van der Waals surface area contributed by atoms with E-state index in [9.17, 15) is 9.59 Å². The molecule has 1 atom stereocenters. The van der Waals surface area contributed by atoms with Crippen LogP contribution in [0.2, 0.25) is 0 Å². The lowest BCUT2D eigenvalue weighted by molar-refractivity contribution is 0.0265. The first-order chi connectivity index (χ1) is 26.9. The highest BCUT2D eigenvalue weighted by molar-refractivity contribution is 6.07. The second-order valence-electron chi connectivity index (χ2n) is 13.6. The number of anilines is 4. The van der Waals surface area contributed by atoms with Gasteiger partial charge in [-0.3, -0.25) is 10.1 Å². The number of aromatic nitrogens is 5. The van der Waals surface area contributed by atoms with E-state index in [0.717, 1.165) is 65.4 Å². The van der Waals surface area contributed by atoms with Gasteiger partial charge in [-0.15, -0.1) is 0 Å². The van der Waals surface area contributed by atoms with Gasteiger partial charge in [-0.25, -0.2) is 24.4 Å². The van der Waals surface area contributed by atoms with Crippen LogP contribution in [0.25, 0.3) is 16.5 Å². The number of carbonyl (C=O) groups excluding carboxylic acids is 2. The van der Waals surface area contributed by atoms with Gasteiger partial charge in [0.15, 0.2) is 0 Å². The molecule has 3 aromatic heterocycles. The number of fused-ring (bicyclic) bond motifs is 1. The van der Waals surface area contributed by atoms with Crippen molar-refractivity contribution in [2.75, 3.05) is 36.1 Å². The van der Waals surface area contributed by atoms with E-state index in [0.29, 0.717) is 42.0 Å². The Morgan fingerprint density at radius 3 is 2.53 bits per heavy atom. The third-order valence-corrected chi connectivity index (χ3v) is 9.54. The number of methoxy groups -OCH3 is 1. The van der Waals surface area contributed by atoms with Crippen molar-refractivity contribution in [3.63, 3.8) is 0 Å². The van der Waals surface area contributed by atoms with E-state index in [4.69, 9.17) is 14.6 Å². The number of urea groups is 1. The average molecular weight is 740 g/mol. The number of aryl methyl sites for hydroxylation is 2. The van der Waals surface area contributed by atoms with Crippen LogP contribution in [-0.4, -0.2) is 67.9 Å². The number of benzene rings is 3. The average Bonchev–Trinajstić information content (AvgIpc) is 3.62. The number of hydrogen-bond donors (Lipinski definition) is 3. The molecule has 3 aromatic carbocycles. The van der Waals surface area contributed by atoms with Gasteiger partial charge in [0.1, 0.15) is 35.5 Å². The van der Waals surface area contributed by atoms with E-state index in [1.54, 1.807) is 22.9 Å². The van der Waals surface area contributed by atoms with Gasteiger partial charge in [0.25, 0.3) is 5.91 Å². The van der Waals surface area contributed by atoms with Crippen molar-refractivity contribution in [1.29, 1.82) is 0 Å². The fourth-order valence-corrected chi connectivity index (χ4v) is 6.56. The van der Waals surface area contributed by atoms with Crippen LogP contribution in [0.3, 0.4) is 0 Å². The molecular formula is C42H45N9O4. The number of pyridine rings is 1. The summed E-state index contributed by atoms with van der Waals surface area (Å²) < 4.78 is 13.5. The third-order valence-electron chi connectivity index (χ3n) is 9.54. The first-order valence-electron chi connectivity index (χ1n) is 18.6. The summed E-state index contributed by atoms with van der Waals surface area (Å²) in [6, 6.07) is 24.8. The molecule has 3 amide bonds. The zero-order chi connectivity index (χ0) is 38.1. The highest BCUT2D eigenvalue weighted by Crippen LogP contribution is 2.33. The van der Waals surface area contributed by atoms with Crippen LogP contribution in [0.15, 0.2) is 97.5 Å². The molecule has 3 N–H and O–H groups in total. The second kappa shape index (κ2) is 17.2. The fourth-order valence-electron chi connectivity index (χ4n) is 6.56. The van der Waals surface area contributed by atoms with Gasteiger partial charge in [-0.2, -0.15) is 5.10 Å². The highest BCUT2D eigenvalue weighted by Gasteiger charge is 2.25. The summed E-state index contributed by atoms with van der Waals surface area (Å²) in [6.45, 7) is 5.69. The van der Waals surface area contributed by atoms with E-state index >= 15 is 0 Å². The summed E-state index contributed by atoms with van der Waals surface area (Å²) in [5.41, 5.74) is 4.75. The Balaban J connectivity index is 0.997. The van der Waals surface area contributed by atoms with E-state index in [1.807, 2.05) is 85.8 Å². The van der Waals surface area contributed by atoms with Crippen LogP contribution in [0.1, 0.15) is 59.9 Å². The molecule has 13 nitrogen and oxygen atoms in total. The van der Waals surface area contributed by atoms with Crippen molar-refractivity contribution in [1.82, 2.24) is 29.6 Å². The molecule has 6 aromatic rings. The molecular weight excluding hydrogens is 695 g/mol. The molecule has 1 aliphatic rings. The predicted molar refractivity (Wildman–Crippen MR) is 213 cm³/mol. The number of carbonyl (C=O) groups is 2. The van der Waals surface area contributed by atoms with E-state index in [-0.39, 0.29) is 30.3 Å². The number of hydrogen-bond acceptors (Lipinski definition) is 9. The van der Waals surface area contributed by atoms with Gasteiger partial charge in [0, 0.05) is 43.2 Å². The maximum atomic E-state index is 13.4. The Morgan fingerprint density at radius 2 is 1.75 bits per heavy atom. The number of rotatable bonds is 13. The smallest absolute Gasteiger partial charge is 0.324 e. The van der Waals surface area contributed by atoms with Gasteiger partial charge >= 0.3 is 6.03 Å². The van der Waals surface area contributed by atoms with Crippen LogP contribution in [0.4, 0.5) is 27.9 Å². The first-order valence-corrected chi connectivity index (χ1v) is 18.6. The number of nitrogens with zero attached hydrogens (tertiary/aromatic N) is 6. The minimum atomic E-state index is -0.376. The van der Waals surface area contributed by atoms with Crippen molar-refractivity contribution in [2.24, 2.45) is 0 Å². The van der Waals surface area contributed by atoms with E-state index in [1.165, 1.54) is 12.4 Å². The van der Waals surface area contributed by atoms with Crippen LogP contribution in [0, 0.1) is 6.92 Å². The molecule has 0 saturated carbocycles. The van der Waals surface area contributed by atoms with Crippen molar-refractivity contribution >= 4 is 45.9 Å². The number of piperidine rings is 1. The Kier molecular flexibility index (Phi) is 11.6. The van der Waals surface area contributed by atoms with Crippen LogP contribution in [0.5, 0.6) is 5.75 Å². The van der Waals surface area contributed by atoms with Gasteiger partial charge in [0.05, 0.1) is 35.6 Å². The summed E-state index contributed by atoms with van der Waals surface area (Å²) in [7, 11) is 1.67. The molecule has 1 unspecified atom stereocenters. The molecule has 55 heavy (non-hydrogen) atoms. The normalized spacial score (nSPS) is 14.1. The third kappa shape index (κ3) is 9.07. The van der Waals surface area contributed by atoms with Crippen molar-refractivity contribution in [3.8, 4) is 11.4 Å². The molecule has 1 aliphatic heterocycles. The lowest BCUT2D eigenvalue weighted by Crippen LogP contribution is -2.43. The maximum Gasteiger partial charge on any atom is 0.324 e. The number of amides is 3. The minimum absolute atomic E-state index is 0.0409. The van der Waals surface area contributed by atoms with Gasteiger partial charge in [-0.05, 0) is 74.6 Å². The second-order valence-corrected chi connectivity index (χ2v) is 13.6. The minimum Gasteiger partial charge on any atom is -0.488 e. The van der Waals surface area contributed by atoms with Crippen LogP contribution in [-0.2, 0) is 17.8 Å². The molecule has 7 rings (SSSR count). The number of unbranched alkanes of at least 4 members (excludes halogenated alkanes) is 1. The first kappa shape index (κ1) is 37.0. The van der Waals surface area contributed by atoms with E-state index in [2.05, 4.69) is 37.8 Å². The number of ether oxygens (including phenoxy) is 2. The van der Waals surface area contributed by atoms with Gasteiger partial charge in [-0.1, -0.05) is 55.3 Å². The van der Waals surface area contributed by atoms with Gasteiger partial charge < -0.3 is 25.0 Å². The topological polar surface area (TPSA) is 148 Å². The zero-order valence-corrected chi connectivity index (χ0v) is 31.3. The highest BCUT2D eigenvalue weighted by atomic mass is 16.5. The monoisotopic (exact) mass is 739 g/mol. The maximum absolute atomic E-state index is 13.4. The van der Waals surface area contributed by atoms with Crippen molar-refractivity contribution in [2.45, 2.75) is 58.7 Å². The van der Waals surface area contributed by atoms with Crippen molar-refractivity contribution < 1.29 is 19.1 Å². The summed E-state index contributed by atoms with van der Waals surface area (Å²) in [5, 5.41) is 15.7. The Bertz CT molecular complexity index is 2260. The summed E-state index contributed by atoms with van der Waals surface area (Å²) in [4.78, 5) is 41.4. The lowest BCUT2D eigenvalue weighted by Gasteiger charge is -2.31. The predicted octanol–water partition coefficient (Wildman–Crippen LogP) is 8.08. The Morgan fingerprint density at radius 1 is 0.909 bits per heavy atom. The lowest BCUT2D eigenvalue weighted by atomic mass is 10.1. The molecule has 1 saturated heterocycles. The molecule has 0 spiro atoms. The molecule has 0 bridgehead atoms. The standard InChI is InChI=1S/C42H45N9O4/c1-4-5-9-30-23-40(51(49-30)31-15-13-28(2)14-16-31)48-42(53)46-35-17-18-37(34-12-7-6-11-33(34)35)55-27-29-19-20-43-38(22-29)47-39-25-44-36(24-45-39)41(52)50-21-8-10-32(26-50)54-3/h6-7,11-20,22-25,32H,4-5,8-10,21,26-27H2,1-3H3,(H,43,45,47)(H2,46,48,53). The Labute approximate surface area is 320 Å². The zero-order valence-electron chi connectivity index (χ0n) is 31.3.